The van der Waals surface area contributed by atoms with Crippen LogP contribution in [0.15, 0.2) is 59.1 Å². The van der Waals surface area contributed by atoms with Crippen LogP contribution in [0.1, 0.15) is 30.7 Å². The van der Waals surface area contributed by atoms with Crippen LogP contribution in [-0.2, 0) is 17.8 Å². The van der Waals surface area contributed by atoms with E-state index in [-0.39, 0.29) is 24.2 Å². The van der Waals surface area contributed by atoms with Crippen molar-refractivity contribution in [3.63, 3.8) is 0 Å². The number of oxazole rings is 1. The first kappa shape index (κ1) is 18.7. The summed E-state index contributed by atoms with van der Waals surface area (Å²) in [6, 6.07) is 14.1. The summed E-state index contributed by atoms with van der Waals surface area (Å²) in [6.07, 6.45) is 4.29. The van der Waals surface area contributed by atoms with E-state index < -0.39 is 0 Å². The predicted molar refractivity (Wildman–Crippen MR) is 105 cm³/mol. The number of hydrogen-bond donors (Lipinski definition) is 0. The fourth-order valence-corrected chi connectivity index (χ4v) is 3.27. The Bertz CT molecular complexity index is 967. The lowest BCUT2D eigenvalue weighted by atomic mass is 10.2. The van der Waals surface area contributed by atoms with E-state index in [1.54, 1.807) is 41.4 Å². The van der Waals surface area contributed by atoms with Crippen LogP contribution < -0.4 is 0 Å². The quantitative estimate of drug-likeness (QED) is 0.545. The third kappa shape index (κ3) is 4.42. The molecule has 0 N–H and O–H groups in total. The fourth-order valence-electron chi connectivity index (χ4n) is 3.15. The lowest BCUT2D eigenvalue weighted by Crippen LogP contribution is -2.33. The molecule has 0 bridgehead atoms. The number of halogens is 2. The molecule has 1 fully saturated rings. The van der Waals surface area contributed by atoms with Gasteiger partial charge >= 0.3 is 0 Å². The van der Waals surface area contributed by atoms with Crippen LogP contribution in [0.4, 0.5) is 4.39 Å². The highest BCUT2D eigenvalue weighted by Gasteiger charge is 2.32. The largest absolute Gasteiger partial charge is 0.441 e. The molecule has 28 heavy (non-hydrogen) atoms. The van der Waals surface area contributed by atoms with Crippen LogP contribution in [0.2, 0.25) is 5.02 Å². The summed E-state index contributed by atoms with van der Waals surface area (Å²) in [4.78, 5) is 18.8. The molecule has 0 spiro atoms. The second-order valence-electron chi connectivity index (χ2n) is 6.97. The molecule has 6 heteroatoms. The zero-order chi connectivity index (χ0) is 19.5. The van der Waals surface area contributed by atoms with Gasteiger partial charge in [-0.05, 0) is 43.2 Å². The van der Waals surface area contributed by atoms with Crippen LogP contribution in [0.3, 0.4) is 0 Å². The highest BCUT2D eigenvalue weighted by Crippen LogP contribution is 2.30. The predicted octanol–water partition coefficient (Wildman–Crippen LogP) is 5.26. The summed E-state index contributed by atoms with van der Waals surface area (Å²) < 4.78 is 19.7. The second kappa shape index (κ2) is 8.15. The Balaban J connectivity index is 1.39. The van der Waals surface area contributed by atoms with Gasteiger partial charge in [0, 0.05) is 41.6 Å². The molecule has 3 aromatic rings. The third-order valence-electron chi connectivity index (χ3n) is 4.84. The maximum Gasteiger partial charge on any atom is 0.223 e. The van der Waals surface area contributed by atoms with Gasteiger partial charge in [-0.15, -0.1) is 0 Å². The first-order valence-electron chi connectivity index (χ1n) is 9.33. The lowest BCUT2D eigenvalue weighted by molar-refractivity contribution is -0.132. The van der Waals surface area contributed by atoms with Crippen LogP contribution in [-0.4, -0.2) is 21.8 Å². The zero-order valence-corrected chi connectivity index (χ0v) is 16.0. The average molecular weight is 399 g/mol. The standard InChI is InChI=1S/C22H20ClFN2O2/c23-17-7-5-15(6-8-17)20-13-25-21(28-20)11-12-22(27)26(18-9-10-18)14-16-3-1-2-4-19(16)24/h1-8,13,18H,9-12,14H2. The Morgan fingerprint density at radius 3 is 2.64 bits per heavy atom. The van der Waals surface area contributed by atoms with Crippen LogP contribution in [0.5, 0.6) is 0 Å². The van der Waals surface area contributed by atoms with Gasteiger partial charge in [0.05, 0.1) is 6.20 Å². The average Bonchev–Trinajstić information content (AvgIpc) is 3.43. The van der Waals surface area contributed by atoms with Crippen molar-refractivity contribution in [1.82, 2.24) is 9.88 Å². The van der Waals surface area contributed by atoms with Gasteiger partial charge in [-0.2, -0.15) is 0 Å². The van der Waals surface area contributed by atoms with E-state index in [4.69, 9.17) is 16.0 Å². The molecule has 4 nitrogen and oxygen atoms in total. The SMILES string of the molecule is O=C(CCc1ncc(-c2ccc(Cl)cc2)o1)N(Cc1ccccc1F)C1CC1. The van der Waals surface area contributed by atoms with E-state index >= 15 is 0 Å². The number of amides is 1. The first-order chi connectivity index (χ1) is 13.6. The number of carbonyl (C=O) groups excluding carboxylic acids is 1. The number of carbonyl (C=O) groups is 1. The smallest absolute Gasteiger partial charge is 0.223 e. The maximum absolute atomic E-state index is 14.0. The first-order valence-corrected chi connectivity index (χ1v) is 9.71. The van der Waals surface area contributed by atoms with Gasteiger partial charge in [0.25, 0.3) is 0 Å². The second-order valence-corrected chi connectivity index (χ2v) is 7.41. The van der Waals surface area contributed by atoms with Crippen molar-refractivity contribution in [3.05, 3.63) is 77.0 Å². The van der Waals surface area contributed by atoms with E-state index in [1.165, 1.54) is 6.07 Å². The normalized spacial score (nSPS) is 13.5. The summed E-state index contributed by atoms with van der Waals surface area (Å²) in [5, 5.41) is 0.657. The molecular formula is C22H20ClFN2O2. The maximum atomic E-state index is 14.0. The fraction of sp³-hybridized carbons (Fsp3) is 0.273. The summed E-state index contributed by atoms with van der Waals surface area (Å²) in [6.45, 7) is 0.303. The Morgan fingerprint density at radius 1 is 1.18 bits per heavy atom. The van der Waals surface area contributed by atoms with E-state index in [2.05, 4.69) is 4.98 Å². The van der Waals surface area contributed by atoms with Crippen molar-refractivity contribution in [3.8, 4) is 11.3 Å². The van der Waals surface area contributed by atoms with Gasteiger partial charge in [-0.1, -0.05) is 29.8 Å². The molecule has 144 valence electrons. The number of hydrogen-bond acceptors (Lipinski definition) is 3. The molecule has 4 rings (SSSR count). The summed E-state index contributed by atoms with van der Waals surface area (Å²) >= 11 is 5.91. The van der Waals surface area contributed by atoms with Crippen LogP contribution >= 0.6 is 11.6 Å². The highest BCUT2D eigenvalue weighted by molar-refractivity contribution is 6.30. The van der Waals surface area contributed by atoms with Crippen LogP contribution in [0.25, 0.3) is 11.3 Å². The molecule has 0 atom stereocenters. The molecule has 2 aromatic carbocycles. The molecule has 0 saturated heterocycles. The van der Waals surface area contributed by atoms with Gasteiger partial charge in [0.15, 0.2) is 11.7 Å². The van der Waals surface area contributed by atoms with Crippen molar-refractivity contribution < 1.29 is 13.6 Å². The number of benzene rings is 2. The molecule has 1 aliphatic rings. The van der Waals surface area contributed by atoms with Gasteiger partial charge in [0.1, 0.15) is 5.82 Å². The topological polar surface area (TPSA) is 46.3 Å². The molecule has 1 heterocycles. The summed E-state index contributed by atoms with van der Waals surface area (Å²) in [7, 11) is 0. The van der Waals surface area contributed by atoms with E-state index in [1.807, 2.05) is 12.1 Å². The van der Waals surface area contributed by atoms with E-state index in [0.717, 1.165) is 18.4 Å². The van der Waals surface area contributed by atoms with E-state index in [9.17, 15) is 9.18 Å². The Labute approximate surface area is 167 Å². The molecule has 0 radical (unpaired) electrons. The highest BCUT2D eigenvalue weighted by atomic mass is 35.5. The minimum Gasteiger partial charge on any atom is -0.441 e. The molecule has 1 amide bonds. The minimum atomic E-state index is -0.277. The third-order valence-corrected chi connectivity index (χ3v) is 5.09. The molecular weight excluding hydrogens is 379 g/mol. The molecule has 1 saturated carbocycles. The Kier molecular flexibility index (Phi) is 5.44. The summed E-state index contributed by atoms with van der Waals surface area (Å²) in [5.74, 6) is 0.878. The van der Waals surface area contributed by atoms with Crippen molar-refractivity contribution in [2.45, 2.75) is 38.3 Å². The summed E-state index contributed by atoms with van der Waals surface area (Å²) in [5.41, 5.74) is 1.43. The van der Waals surface area contributed by atoms with Gasteiger partial charge in [-0.3, -0.25) is 4.79 Å². The van der Waals surface area contributed by atoms with Crippen molar-refractivity contribution >= 4 is 17.5 Å². The Morgan fingerprint density at radius 2 is 1.93 bits per heavy atom. The van der Waals surface area contributed by atoms with Gasteiger partial charge < -0.3 is 9.32 Å². The monoisotopic (exact) mass is 398 g/mol. The van der Waals surface area contributed by atoms with Crippen molar-refractivity contribution in [2.24, 2.45) is 0 Å². The lowest BCUT2D eigenvalue weighted by Gasteiger charge is -2.22. The van der Waals surface area contributed by atoms with Gasteiger partial charge in [0.2, 0.25) is 5.91 Å². The number of nitrogens with zero attached hydrogens (tertiary/aromatic N) is 2. The number of aromatic nitrogens is 1. The molecule has 0 aliphatic heterocycles. The van der Waals surface area contributed by atoms with Gasteiger partial charge in [-0.25, -0.2) is 9.37 Å². The molecule has 0 unspecified atom stereocenters. The molecule has 1 aromatic heterocycles. The minimum absolute atomic E-state index is 0.00278. The Hall–Kier alpha value is -2.66. The zero-order valence-electron chi connectivity index (χ0n) is 15.3. The molecule has 1 aliphatic carbocycles. The van der Waals surface area contributed by atoms with E-state index in [0.29, 0.717) is 35.2 Å². The number of aryl methyl sites for hydroxylation is 1. The van der Waals surface area contributed by atoms with Crippen molar-refractivity contribution in [1.29, 1.82) is 0 Å². The number of rotatable bonds is 7. The van der Waals surface area contributed by atoms with Crippen LogP contribution in [0, 0.1) is 5.82 Å². The van der Waals surface area contributed by atoms with Crippen molar-refractivity contribution in [2.75, 3.05) is 0 Å².